The summed E-state index contributed by atoms with van der Waals surface area (Å²) in [6, 6.07) is 5.21. The summed E-state index contributed by atoms with van der Waals surface area (Å²) in [6.45, 7) is 11.1. The zero-order valence-electron chi connectivity index (χ0n) is 21.5. The van der Waals surface area contributed by atoms with Gasteiger partial charge in [0.15, 0.2) is 18.2 Å². The lowest BCUT2D eigenvalue weighted by molar-refractivity contribution is -0.123. The monoisotopic (exact) mass is 498 g/mol. The lowest BCUT2D eigenvalue weighted by atomic mass is 9.63. The summed E-state index contributed by atoms with van der Waals surface area (Å²) in [4.78, 5) is 41.6. The van der Waals surface area contributed by atoms with Crippen LogP contribution in [0.2, 0.25) is 5.02 Å². The van der Waals surface area contributed by atoms with Gasteiger partial charge in [0.05, 0.1) is 0 Å². The topological polar surface area (TPSA) is 75.7 Å². The van der Waals surface area contributed by atoms with E-state index in [1.54, 1.807) is 25.2 Å². The minimum absolute atomic E-state index is 0.0566. The molecule has 0 bridgehead atoms. The summed E-state index contributed by atoms with van der Waals surface area (Å²) in [5, 5.41) is 3.05. The van der Waals surface area contributed by atoms with E-state index in [4.69, 9.17) is 16.3 Å². The molecule has 0 atom stereocenters. The van der Waals surface area contributed by atoms with E-state index in [1.807, 2.05) is 0 Å². The second-order valence-corrected chi connectivity index (χ2v) is 11.9. The quantitative estimate of drug-likeness (QED) is 0.606. The Bertz CT molecular complexity index is 1110. The number of ether oxygens (including phenoxy) is 1. The van der Waals surface area contributed by atoms with Gasteiger partial charge in [0.25, 0.3) is 5.91 Å². The highest BCUT2D eigenvalue weighted by Gasteiger charge is 2.49. The zero-order chi connectivity index (χ0) is 25.7. The maximum Gasteiger partial charge on any atom is 0.257 e. The molecular weight excluding hydrogens is 464 g/mol. The van der Waals surface area contributed by atoms with Crippen LogP contribution in [0.15, 0.2) is 40.7 Å². The molecule has 0 spiro atoms. The number of carbonyl (C=O) groups is 3. The molecule has 0 aromatic heterocycles. The fourth-order valence-electron chi connectivity index (χ4n) is 5.83. The van der Waals surface area contributed by atoms with Gasteiger partial charge < -0.3 is 15.0 Å². The lowest BCUT2D eigenvalue weighted by Crippen LogP contribution is -2.44. The Morgan fingerprint density at radius 2 is 1.57 bits per heavy atom. The largest absolute Gasteiger partial charge is 0.483 e. The predicted octanol–water partition coefficient (Wildman–Crippen LogP) is 5.17. The molecule has 0 unspecified atom stereocenters. The average molecular weight is 499 g/mol. The minimum atomic E-state index is -0.562. The number of likely N-dealkylation sites (N-methyl/N-ethyl adjacent to an activating group) is 1. The summed E-state index contributed by atoms with van der Waals surface area (Å²) in [5.74, 6) is -0.255. The first-order chi connectivity index (χ1) is 16.4. The molecule has 0 saturated heterocycles. The SMILES string of the molecule is CCN1C2=C(C(=O)CC(C)(C)C2)C(c2cc(Cl)ccc2OCC(=O)NC)C2=C1CC(C)(C)CC2=O. The van der Waals surface area contributed by atoms with E-state index in [9.17, 15) is 14.4 Å². The summed E-state index contributed by atoms with van der Waals surface area (Å²) in [7, 11) is 1.55. The van der Waals surface area contributed by atoms with Crippen LogP contribution >= 0.6 is 11.6 Å². The number of hydrogen-bond donors (Lipinski definition) is 1. The van der Waals surface area contributed by atoms with Crippen molar-refractivity contribution in [1.29, 1.82) is 0 Å². The highest BCUT2D eigenvalue weighted by molar-refractivity contribution is 6.30. The number of benzene rings is 1. The molecule has 0 fully saturated rings. The van der Waals surface area contributed by atoms with Crippen LogP contribution in [0.25, 0.3) is 0 Å². The molecule has 1 heterocycles. The Hall–Kier alpha value is -2.60. The zero-order valence-corrected chi connectivity index (χ0v) is 22.3. The Kier molecular flexibility index (Phi) is 6.64. The van der Waals surface area contributed by atoms with Gasteiger partial charge in [-0.1, -0.05) is 39.3 Å². The van der Waals surface area contributed by atoms with Crippen molar-refractivity contribution >= 4 is 29.1 Å². The van der Waals surface area contributed by atoms with Gasteiger partial charge >= 0.3 is 0 Å². The van der Waals surface area contributed by atoms with Gasteiger partial charge in [-0.15, -0.1) is 0 Å². The third-order valence-electron chi connectivity index (χ3n) is 7.26. The molecule has 6 nitrogen and oxygen atoms in total. The maximum absolute atomic E-state index is 13.8. The van der Waals surface area contributed by atoms with Crippen LogP contribution in [0.3, 0.4) is 0 Å². The highest BCUT2D eigenvalue weighted by Crippen LogP contribution is 2.55. The van der Waals surface area contributed by atoms with Crippen LogP contribution < -0.4 is 10.1 Å². The van der Waals surface area contributed by atoms with E-state index in [-0.39, 0.29) is 34.9 Å². The van der Waals surface area contributed by atoms with Crippen molar-refractivity contribution in [2.75, 3.05) is 20.2 Å². The average Bonchev–Trinajstić information content (AvgIpc) is 2.75. The molecule has 0 saturated carbocycles. The summed E-state index contributed by atoms with van der Waals surface area (Å²) >= 11 is 6.45. The van der Waals surface area contributed by atoms with Crippen LogP contribution in [-0.2, 0) is 14.4 Å². The third kappa shape index (κ3) is 4.77. The first-order valence-corrected chi connectivity index (χ1v) is 12.7. The minimum Gasteiger partial charge on any atom is -0.483 e. The van der Waals surface area contributed by atoms with Gasteiger partial charge in [-0.05, 0) is 48.8 Å². The van der Waals surface area contributed by atoms with Crippen molar-refractivity contribution in [3.8, 4) is 5.75 Å². The molecule has 35 heavy (non-hydrogen) atoms. The second-order valence-electron chi connectivity index (χ2n) is 11.4. The van der Waals surface area contributed by atoms with Crippen molar-refractivity contribution in [1.82, 2.24) is 10.2 Å². The number of hydrogen-bond acceptors (Lipinski definition) is 5. The first kappa shape index (κ1) is 25.5. The third-order valence-corrected chi connectivity index (χ3v) is 7.49. The lowest BCUT2D eigenvalue weighted by Gasteiger charge is -2.49. The molecule has 1 N–H and O–H groups in total. The number of amides is 1. The number of nitrogens with one attached hydrogen (secondary N) is 1. The van der Waals surface area contributed by atoms with Gasteiger partial charge in [0.1, 0.15) is 5.75 Å². The molecule has 188 valence electrons. The molecular formula is C28H35ClN2O4. The van der Waals surface area contributed by atoms with Gasteiger partial charge in [-0.3, -0.25) is 14.4 Å². The molecule has 1 amide bonds. The van der Waals surface area contributed by atoms with Crippen LogP contribution in [0, 0.1) is 10.8 Å². The summed E-state index contributed by atoms with van der Waals surface area (Å²) in [6.07, 6.45) is 2.33. The van der Waals surface area contributed by atoms with Crippen LogP contribution in [0.4, 0.5) is 0 Å². The molecule has 3 aliphatic rings. The Balaban J connectivity index is 1.97. The van der Waals surface area contributed by atoms with Crippen molar-refractivity contribution in [3.63, 3.8) is 0 Å². The van der Waals surface area contributed by atoms with Gasteiger partial charge in [-0.2, -0.15) is 0 Å². The van der Waals surface area contributed by atoms with Gasteiger partial charge in [-0.25, -0.2) is 0 Å². The van der Waals surface area contributed by atoms with Crippen LogP contribution in [-0.4, -0.2) is 42.6 Å². The molecule has 4 rings (SSSR count). The van der Waals surface area contributed by atoms with Crippen molar-refractivity contribution < 1.29 is 19.1 Å². The van der Waals surface area contributed by atoms with E-state index in [1.165, 1.54) is 0 Å². The fourth-order valence-corrected chi connectivity index (χ4v) is 6.01. The smallest absolute Gasteiger partial charge is 0.257 e. The number of halogens is 1. The maximum atomic E-state index is 13.8. The Morgan fingerprint density at radius 3 is 2.06 bits per heavy atom. The second kappa shape index (κ2) is 9.12. The number of allylic oxidation sites excluding steroid dienone is 4. The van der Waals surface area contributed by atoms with Crippen molar-refractivity contribution in [3.05, 3.63) is 51.3 Å². The van der Waals surface area contributed by atoms with Crippen molar-refractivity contribution in [2.24, 2.45) is 10.8 Å². The highest BCUT2D eigenvalue weighted by atomic mass is 35.5. The number of Topliss-reactive ketones (excluding diaryl/α,β-unsaturated/α-hetero) is 2. The standard InChI is InChI=1S/C28H35ClN2O4/c1-7-31-18-11-27(2,3)13-20(32)25(18)24(26-19(31)12-28(4,5)14-21(26)33)17-10-16(29)8-9-22(17)35-15-23(34)30-6/h8-10,24H,7,11-15H2,1-6H3,(H,30,34). The van der Waals surface area contributed by atoms with E-state index >= 15 is 0 Å². The predicted molar refractivity (Wildman–Crippen MR) is 136 cm³/mol. The van der Waals surface area contributed by atoms with E-state index in [2.05, 4.69) is 44.8 Å². The molecule has 1 aromatic carbocycles. The first-order valence-electron chi connectivity index (χ1n) is 12.3. The normalized spacial score (nSPS) is 21.6. The van der Waals surface area contributed by atoms with Gasteiger partial charge in [0, 0.05) is 65.5 Å². The summed E-state index contributed by atoms with van der Waals surface area (Å²) < 4.78 is 5.91. The van der Waals surface area contributed by atoms with Crippen LogP contribution in [0.5, 0.6) is 5.75 Å². The Morgan fingerprint density at radius 1 is 1.03 bits per heavy atom. The number of nitrogens with zero attached hydrogens (tertiary/aromatic N) is 1. The van der Waals surface area contributed by atoms with Crippen LogP contribution in [0.1, 0.15) is 71.8 Å². The molecule has 0 radical (unpaired) electrons. The Labute approximate surface area is 212 Å². The van der Waals surface area contributed by atoms with Crippen molar-refractivity contribution in [2.45, 2.75) is 66.2 Å². The van der Waals surface area contributed by atoms with Gasteiger partial charge in [0.2, 0.25) is 0 Å². The molecule has 7 heteroatoms. The number of carbonyl (C=O) groups excluding carboxylic acids is 3. The molecule has 1 aliphatic heterocycles. The number of ketones is 2. The fraction of sp³-hybridized carbons (Fsp3) is 0.536. The number of rotatable bonds is 5. The molecule has 2 aliphatic carbocycles. The van der Waals surface area contributed by atoms with E-state index in [0.29, 0.717) is 46.9 Å². The van der Waals surface area contributed by atoms with E-state index < -0.39 is 5.92 Å². The van der Waals surface area contributed by atoms with E-state index in [0.717, 1.165) is 24.2 Å². The summed E-state index contributed by atoms with van der Waals surface area (Å²) in [5.41, 5.74) is 3.66. The molecule has 1 aromatic rings.